The molecule has 37 heavy (non-hydrogen) atoms. The van der Waals surface area contributed by atoms with E-state index in [1.54, 1.807) is 0 Å². The second-order valence-corrected chi connectivity index (χ2v) is 10.5. The first-order valence-corrected chi connectivity index (χ1v) is 13.6. The maximum atomic E-state index is 3.52. The Hall–Kier alpha value is -3.88. The normalized spacial score (nSPS) is 14.3. The third-order valence-electron chi connectivity index (χ3n) is 7.17. The monoisotopic (exact) mass is 541 g/mol. The van der Waals surface area contributed by atoms with Crippen molar-refractivity contribution in [1.82, 2.24) is 0 Å². The molecule has 1 nitrogen and oxygen atoms in total. The maximum absolute atomic E-state index is 3.52. The first kappa shape index (κ1) is 23.5. The third kappa shape index (κ3) is 4.77. The van der Waals surface area contributed by atoms with Crippen LogP contribution < -0.4 is 4.90 Å². The molecule has 0 saturated heterocycles. The number of benzene rings is 5. The molecule has 0 N–H and O–H groups in total. The van der Waals surface area contributed by atoms with E-state index in [9.17, 15) is 0 Å². The maximum Gasteiger partial charge on any atom is 0.0502 e. The lowest BCUT2D eigenvalue weighted by molar-refractivity contribution is 0.771. The SMILES string of the molecule is CC1CC=Cc2cccc(N(c3ccccc3)c3ccc(-c4ccc(-c5ccc(Br)cc5)cc4)cc3)c21. The number of fused-ring (bicyclic) bond motifs is 1. The van der Waals surface area contributed by atoms with Gasteiger partial charge in [0.1, 0.15) is 0 Å². The quantitative estimate of drug-likeness (QED) is 0.214. The van der Waals surface area contributed by atoms with Crippen LogP contribution in [-0.2, 0) is 0 Å². The Morgan fingerprint density at radius 2 is 1.14 bits per heavy atom. The minimum absolute atomic E-state index is 0.478. The van der Waals surface area contributed by atoms with Crippen molar-refractivity contribution in [3.63, 3.8) is 0 Å². The predicted molar refractivity (Wildman–Crippen MR) is 162 cm³/mol. The second kappa shape index (κ2) is 10.2. The molecule has 0 fully saturated rings. The van der Waals surface area contributed by atoms with E-state index >= 15 is 0 Å². The van der Waals surface area contributed by atoms with Crippen LogP contribution in [0.5, 0.6) is 0 Å². The van der Waals surface area contributed by atoms with E-state index in [4.69, 9.17) is 0 Å². The summed E-state index contributed by atoms with van der Waals surface area (Å²) in [5.74, 6) is 0.478. The van der Waals surface area contributed by atoms with E-state index in [2.05, 4.69) is 161 Å². The molecule has 1 atom stereocenters. The zero-order valence-electron chi connectivity index (χ0n) is 20.8. The highest BCUT2D eigenvalue weighted by Gasteiger charge is 2.22. The standard InChI is InChI=1S/C35H28BrN/c1-25-7-5-8-30-9-6-12-34(35(25)30)37(32-10-3-2-4-11-32)33-23-19-29(20-24-33)27-15-13-26(14-16-27)28-17-21-31(36)22-18-28/h2-6,8-25H,7H2,1H3. The first-order chi connectivity index (χ1) is 18.2. The molecule has 5 aromatic carbocycles. The lowest BCUT2D eigenvalue weighted by Crippen LogP contribution is -2.14. The van der Waals surface area contributed by atoms with Gasteiger partial charge in [-0.1, -0.05) is 114 Å². The van der Waals surface area contributed by atoms with Crippen molar-refractivity contribution in [2.24, 2.45) is 0 Å². The van der Waals surface area contributed by atoms with Crippen LogP contribution in [0.3, 0.4) is 0 Å². The molecule has 0 heterocycles. The molecular formula is C35H28BrN. The van der Waals surface area contributed by atoms with Crippen molar-refractivity contribution >= 4 is 39.1 Å². The summed E-state index contributed by atoms with van der Waals surface area (Å²) in [6, 6.07) is 43.6. The molecule has 0 aromatic heterocycles. The molecule has 0 amide bonds. The van der Waals surface area contributed by atoms with Crippen LogP contribution in [0.15, 0.2) is 132 Å². The smallest absolute Gasteiger partial charge is 0.0502 e. The van der Waals surface area contributed by atoms with Crippen molar-refractivity contribution in [3.05, 3.63) is 143 Å². The number of nitrogens with zero attached hydrogens (tertiary/aromatic N) is 1. The summed E-state index contributed by atoms with van der Waals surface area (Å²) in [6.07, 6.45) is 5.63. The van der Waals surface area contributed by atoms with Crippen molar-refractivity contribution in [3.8, 4) is 22.3 Å². The minimum atomic E-state index is 0.478. The second-order valence-electron chi connectivity index (χ2n) is 9.62. The molecule has 5 aromatic rings. The fourth-order valence-corrected chi connectivity index (χ4v) is 5.53. The lowest BCUT2D eigenvalue weighted by atomic mass is 9.86. The van der Waals surface area contributed by atoms with Gasteiger partial charge in [-0.05, 0) is 88.2 Å². The number of hydrogen-bond acceptors (Lipinski definition) is 1. The Morgan fingerprint density at radius 1 is 0.595 bits per heavy atom. The topological polar surface area (TPSA) is 3.24 Å². The van der Waals surface area contributed by atoms with Crippen LogP contribution in [0.2, 0.25) is 0 Å². The predicted octanol–water partition coefficient (Wildman–Crippen LogP) is 10.8. The van der Waals surface area contributed by atoms with Crippen LogP contribution in [0.4, 0.5) is 17.1 Å². The van der Waals surface area contributed by atoms with Gasteiger partial charge in [0.25, 0.3) is 0 Å². The molecule has 1 aliphatic carbocycles. The van der Waals surface area contributed by atoms with Gasteiger partial charge in [-0.2, -0.15) is 0 Å². The summed E-state index contributed by atoms with van der Waals surface area (Å²) in [5.41, 5.74) is 11.2. The largest absolute Gasteiger partial charge is 0.310 e. The van der Waals surface area contributed by atoms with Crippen LogP contribution in [0, 0.1) is 0 Å². The molecule has 0 saturated carbocycles. The third-order valence-corrected chi connectivity index (χ3v) is 7.70. The van der Waals surface area contributed by atoms with Crippen LogP contribution in [0.25, 0.3) is 28.3 Å². The summed E-state index contributed by atoms with van der Waals surface area (Å²) in [7, 11) is 0. The van der Waals surface area contributed by atoms with Crippen molar-refractivity contribution < 1.29 is 0 Å². The highest BCUT2D eigenvalue weighted by molar-refractivity contribution is 9.10. The molecule has 0 aliphatic heterocycles. The van der Waals surface area contributed by atoms with Crippen molar-refractivity contribution in [2.45, 2.75) is 19.3 Å². The van der Waals surface area contributed by atoms with Gasteiger partial charge in [-0.3, -0.25) is 0 Å². The van der Waals surface area contributed by atoms with Gasteiger partial charge < -0.3 is 4.90 Å². The minimum Gasteiger partial charge on any atom is -0.310 e. The van der Waals surface area contributed by atoms with Gasteiger partial charge in [0, 0.05) is 15.8 Å². The molecule has 0 radical (unpaired) electrons. The Balaban J connectivity index is 1.36. The van der Waals surface area contributed by atoms with Crippen LogP contribution in [0.1, 0.15) is 30.4 Å². The fourth-order valence-electron chi connectivity index (χ4n) is 5.27. The van der Waals surface area contributed by atoms with E-state index in [1.165, 1.54) is 44.8 Å². The van der Waals surface area contributed by atoms with Crippen LogP contribution in [-0.4, -0.2) is 0 Å². The zero-order valence-corrected chi connectivity index (χ0v) is 22.4. The summed E-state index contributed by atoms with van der Waals surface area (Å²) in [5, 5.41) is 0. The van der Waals surface area contributed by atoms with E-state index in [1.807, 2.05) is 0 Å². The summed E-state index contributed by atoms with van der Waals surface area (Å²) < 4.78 is 1.10. The lowest BCUT2D eigenvalue weighted by Gasteiger charge is -2.31. The average molecular weight is 543 g/mol. The van der Waals surface area contributed by atoms with E-state index < -0.39 is 0 Å². The summed E-state index contributed by atoms with van der Waals surface area (Å²) in [4.78, 5) is 2.40. The van der Waals surface area contributed by atoms with Gasteiger partial charge in [0.2, 0.25) is 0 Å². The highest BCUT2D eigenvalue weighted by Crippen LogP contribution is 2.43. The Morgan fingerprint density at radius 3 is 1.76 bits per heavy atom. The van der Waals surface area contributed by atoms with Crippen molar-refractivity contribution in [2.75, 3.05) is 4.90 Å². The number of hydrogen-bond donors (Lipinski definition) is 0. The molecule has 1 aliphatic rings. The fraction of sp³-hybridized carbons (Fsp3) is 0.0857. The number of anilines is 3. The van der Waals surface area contributed by atoms with Gasteiger partial charge >= 0.3 is 0 Å². The molecule has 2 heteroatoms. The van der Waals surface area contributed by atoms with Crippen molar-refractivity contribution in [1.29, 1.82) is 0 Å². The van der Waals surface area contributed by atoms with Crippen LogP contribution >= 0.6 is 15.9 Å². The van der Waals surface area contributed by atoms with E-state index in [0.29, 0.717) is 5.92 Å². The average Bonchev–Trinajstić information content (AvgIpc) is 2.95. The van der Waals surface area contributed by atoms with Gasteiger partial charge in [0.05, 0.1) is 5.69 Å². The number of halogens is 1. The molecular weight excluding hydrogens is 514 g/mol. The Bertz CT molecular complexity index is 1530. The Kier molecular flexibility index (Phi) is 6.51. The highest BCUT2D eigenvalue weighted by atomic mass is 79.9. The summed E-state index contributed by atoms with van der Waals surface area (Å²) >= 11 is 3.52. The number of para-hydroxylation sites is 1. The number of rotatable bonds is 5. The van der Waals surface area contributed by atoms with Gasteiger partial charge in [-0.15, -0.1) is 0 Å². The molecule has 0 spiro atoms. The van der Waals surface area contributed by atoms with E-state index in [-0.39, 0.29) is 0 Å². The molecule has 6 rings (SSSR count). The zero-order chi connectivity index (χ0) is 25.2. The molecule has 0 bridgehead atoms. The van der Waals surface area contributed by atoms with Gasteiger partial charge in [0.15, 0.2) is 0 Å². The van der Waals surface area contributed by atoms with E-state index in [0.717, 1.165) is 16.6 Å². The summed E-state index contributed by atoms with van der Waals surface area (Å²) in [6.45, 7) is 2.33. The number of allylic oxidation sites excluding steroid dienone is 1. The molecule has 180 valence electrons. The van der Waals surface area contributed by atoms with Gasteiger partial charge in [-0.25, -0.2) is 0 Å². The Labute approximate surface area is 227 Å². The molecule has 1 unspecified atom stereocenters. The first-order valence-electron chi connectivity index (χ1n) is 12.8.